The Bertz CT molecular complexity index is 955. The molecule has 28 heavy (non-hydrogen) atoms. The van der Waals surface area contributed by atoms with E-state index < -0.39 is 22.0 Å². The molecule has 0 aliphatic rings. The van der Waals surface area contributed by atoms with E-state index in [4.69, 9.17) is 4.74 Å². The summed E-state index contributed by atoms with van der Waals surface area (Å²) in [4.78, 5) is 24.4. The first-order valence-electron chi connectivity index (χ1n) is 8.72. The molecule has 0 saturated heterocycles. The molecule has 0 unspecified atom stereocenters. The lowest BCUT2D eigenvalue weighted by Gasteiger charge is -2.30. The van der Waals surface area contributed by atoms with Crippen molar-refractivity contribution in [2.45, 2.75) is 26.3 Å². The second-order valence-electron chi connectivity index (χ2n) is 6.31. The van der Waals surface area contributed by atoms with E-state index in [0.29, 0.717) is 22.7 Å². The van der Waals surface area contributed by atoms with Crippen LogP contribution in [0.5, 0.6) is 5.75 Å². The van der Waals surface area contributed by atoms with Gasteiger partial charge in [-0.25, -0.2) is 8.42 Å². The smallest absolute Gasteiger partial charge is 0.248 e. The van der Waals surface area contributed by atoms with E-state index in [1.54, 1.807) is 55.5 Å². The van der Waals surface area contributed by atoms with Crippen LogP contribution in [0.3, 0.4) is 0 Å². The van der Waals surface area contributed by atoms with Crippen LogP contribution in [0.1, 0.15) is 30.6 Å². The number of rotatable bonds is 8. The highest BCUT2D eigenvalue weighted by molar-refractivity contribution is 7.92. The van der Waals surface area contributed by atoms with Gasteiger partial charge in [-0.05, 0) is 49.7 Å². The van der Waals surface area contributed by atoms with Crippen molar-refractivity contribution < 1.29 is 22.7 Å². The first-order chi connectivity index (χ1) is 13.2. The average molecular weight is 404 g/mol. The summed E-state index contributed by atoms with van der Waals surface area (Å²) in [6.45, 7) is 3.17. The molecule has 0 aliphatic heterocycles. The molecule has 2 aromatic rings. The van der Waals surface area contributed by atoms with Crippen molar-refractivity contribution in [1.29, 1.82) is 0 Å². The van der Waals surface area contributed by atoms with Gasteiger partial charge in [0.1, 0.15) is 11.8 Å². The van der Waals surface area contributed by atoms with Crippen LogP contribution in [-0.2, 0) is 14.8 Å². The number of ether oxygens (including phenoxy) is 1. The van der Waals surface area contributed by atoms with Gasteiger partial charge in [-0.2, -0.15) is 0 Å². The molecule has 2 rings (SSSR count). The Hall–Kier alpha value is -2.87. The summed E-state index contributed by atoms with van der Waals surface area (Å²) in [7, 11) is -2.22. The molecule has 1 atom stereocenters. The summed E-state index contributed by atoms with van der Waals surface area (Å²) in [6, 6.07) is 12.0. The van der Waals surface area contributed by atoms with E-state index in [2.05, 4.69) is 5.32 Å². The molecule has 1 N–H and O–H groups in total. The maximum atomic E-state index is 12.9. The number of carbonyl (C=O) groups is 2. The van der Waals surface area contributed by atoms with Crippen LogP contribution in [-0.4, -0.2) is 39.5 Å². The SMILES string of the molecule is CC[C@H](C(=O)Nc1cccc(C(C)=O)c1)N(c1ccc(OC)cc1)S(C)(=O)=O. The number of carbonyl (C=O) groups excluding carboxylic acids is 2. The van der Waals surface area contributed by atoms with Crippen molar-refractivity contribution in [3.63, 3.8) is 0 Å². The lowest BCUT2D eigenvalue weighted by atomic mass is 10.1. The predicted molar refractivity (Wildman–Crippen MR) is 109 cm³/mol. The molecule has 0 aliphatic carbocycles. The summed E-state index contributed by atoms with van der Waals surface area (Å²) < 4.78 is 31.1. The minimum Gasteiger partial charge on any atom is -0.497 e. The molecule has 0 saturated carbocycles. The van der Waals surface area contributed by atoms with Gasteiger partial charge in [-0.15, -0.1) is 0 Å². The largest absolute Gasteiger partial charge is 0.497 e. The molecule has 0 fully saturated rings. The highest BCUT2D eigenvalue weighted by Gasteiger charge is 2.31. The Kier molecular flexibility index (Phi) is 6.80. The lowest BCUT2D eigenvalue weighted by Crippen LogP contribution is -2.47. The Balaban J connectivity index is 2.36. The van der Waals surface area contributed by atoms with Gasteiger partial charge in [0.2, 0.25) is 15.9 Å². The van der Waals surface area contributed by atoms with E-state index in [0.717, 1.165) is 10.6 Å². The van der Waals surface area contributed by atoms with E-state index >= 15 is 0 Å². The number of hydrogen-bond donors (Lipinski definition) is 1. The van der Waals surface area contributed by atoms with Crippen molar-refractivity contribution in [1.82, 2.24) is 0 Å². The normalized spacial score (nSPS) is 12.1. The predicted octanol–water partition coefficient (Wildman–Crippen LogP) is 3.08. The van der Waals surface area contributed by atoms with Gasteiger partial charge >= 0.3 is 0 Å². The zero-order valence-electron chi connectivity index (χ0n) is 16.3. The minimum atomic E-state index is -3.73. The van der Waals surface area contributed by atoms with Crippen molar-refractivity contribution in [2.24, 2.45) is 0 Å². The quantitative estimate of drug-likeness (QED) is 0.683. The molecular formula is C20H24N2O5S. The van der Waals surface area contributed by atoms with E-state index in [-0.39, 0.29) is 12.2 Å². The number of nitrogens with one attached hydrogen (secondary N) is 1. The second-order valence-corrected chi connectivity index (χ2v) is 8.17. The molecule has 8 heteroatoms. The second kappa shape index (κ2) is 8.88. The number of anilines is 2. The first-order valence-corrected chi connectivity index (χ1v) is 10.6. The van der Waals surface area contributed by atoms with Crippen molar-refractivity contribution in [2.75, 3.05) is 23.0 Å². The fraction of sp³-hybridized carbons (Fsp3) is 0.300. The molecule has 2 aromatic carbocycles. The Labute approximate surface area is 165 Å². The number of methoxy groups -OCH3 is 1. The van der Waals surface area contributed by atoms with Crippen LogP contribution in [0.2, 0.25) is 0 Å². The maximum absolute atomic E-state index is 12.9. The summed E-state index contributed by atoms with van der Waals surface area (Å²) in [5.41, 5.74) is 1.25. The van der Waals surface area contributed by atoms with Gasteiger partial charge in [0.05, 0.1) is 19.1 Å². The zero-order valence-corrected chi connectivity index (χ0v) is 17.1. The van der Waals surface area contributed by atoms with Crippen LogP contribution in [0.15, 0.2) is 48.5 Å². The molecule has 0 heterocycles. The minimum absolute atomic E-state index is 0.126. The fourth-order valence-corrected chi connectivity index (χ4v) is 4.04. The van der Waals surface area contributed by atoms with E-state index in [1.165, 1.54) is 14.0 Å². The molecular weight excluding hydrogens is 380 g/mol. The van der Waals surface area contributed by atoms with E-state index in [9.17, 15) is 18.0 Å². The van der Waals surface area contributed by atoms with Crippen molar-refractivity contribution >= 4 is 33.1 Å². The molecule has 1 amide bonds. The summed E-state index contributed by atoms with van der Waals surface area (Å²) >= 11 is 0. The van der Waals surface area contributed by atoms with E-state index in [1.807, 2.05) is 0 Å². The number of Topliss-reactive ketones (excluding diaryl/α,β-unsaturated/α-hetero) is 1. The third-order valence-electron chi connectivity index (χ3n) is 4.19. The lowest BCUT2D eigenvalue weighted by molar-refractivity contribution is -0.117. The molecule has 7 nitrogen and oxygen atoms in total. The Morgan fingerprint density at radius 1 is 1.14 bits per heavy atom. The van der Waals surface area contributed by atoms with Crippen LogP contribution in [0.25, 0.3) is 0 Å². The van der Waals surface area contributed by atoms with Crippen LogP contribution >= 0.6 is 0 Å². The topological polar surface area (TPSA) is 92.8 Å². The fourth-order valence-electron chi connectivity index (χ4n) is 2.83. The number of sulfonamides is 1. The van der Waals surface area contributed by atoms with Crippen LogP contribution < -0.4 is 14.4 Å². The molecule has 0 aromatic heterocycles. The highest BCUT2D eigenvalue weighted by Crippen LogP contribution is 2.25. The van der Waals surface area contributed by atoms with Gasteiger partial charge in [0.25, 0.3) is 0 Å². The number of benzene rings is 2. The third-order valence-corrected chi connectivity index (χ3v) is 5.37. The molecule has 150 valence electrons. The monoisotopic (exact) mass is 404 g/mol. The number of hydrogen-bond acceptors (Lipinski definition) is 5. The van der Waals surface area contributed by atoms with Crippen LogP contribution in [0.4, 0.5) is 11.4 Å². The number of ketones is 1. The first kappa shape index (κ1) is 21.4. The number of amides is 1. The Morgan fingerprint density at radius 2 is 1.79 bits per heavy atom. The summed E-state index contributed by atoms with van der Waals surface area (Å²) in [6.07, 6.45) is 1.32. The summed E-state index contributed by atoms with van der Waals surface area (Å²) in [5.74, 6) is -0.0284. The molecule has 0 radical (unpaired) electrons. The number of nitrogens with zero attached hydrogens (tertiary/aromatic N) is 1. The van der Waals surface area contributed by atoms with Gasteiger partial charge in [0, 0.05) is 11.3 Å². The molecule has 0 bridgehead atoms. The zero-order chi connectivity index (χ0) is 20.9. The van der Waals surface area contributed by atoms with Gasteiger partial charge < -0.3 is 10.1 Å². The molecule has 0 spiro atoms. The van der Waals surface area contributed by atoms with Crippen molar-refractivity contribution in [3.05, 3.63) is 54.1 Å². The average Bonchev–Trinajstić information content (AvgIpc) is 2.65. The standard InChI is InChI=1S/C20H24N2O5S/c1-5-19(20(24)21-16-8-6-7-15(13-16)14(2)23)22(28(4,25)26)17-9-11-18(27-3)12-10-17/h6-13,19H,5H2,1-4H3,(H,21,24)/t19-/m1/s1. The summed E-state index contributed by atoms with van der Waals surface area (Å²) in [5, 5.41) is 2.71. The highest BCUT2D eigenvalue weighted by atomic mass is 32.2. The third kappa shape index (κ3) is 5.10. The van der Waals surface area contributed by atoms with Gasteiger partial charge in [-0.3, -0.25) is 13.9 Å². The van der Waals surface area contributed by atoms with Gasteiger partial charge in [0.15, 0.2) is 5.78 Å². The van der Waals surface area contributed by atoms with Gasteiger partial charge in [-0.1, -0.05) is 19.1 Å². The van der Waals surface area contributed by atoms with Crippen LogP contribution in [0, 0.1) is 0 Å². The maximum Gasteiger partial charge on any atom is 0.248 e. The Morgan fingerprint density at radius 3 is 2.29 bits per heavy atom. The van der Waals surface area contributed by atoms with Crippen molar-refractivity contribution in [3.8, 4) is 5.75 Å².